The fourth-order valence-electron chi connectivity index (χ4n) is 4.63. The average Bonchev–Trinajstić information content (AvgIpc) is 3.52. The third kappa shape index (κ3) is 4.47. The molecule has 196 valence electrons. The van der Waals surface area contributed by atoms with Crippen molar-refractivity contribution in [2.75, 3.05) is 31.1 Å². The number of nitriles is 1. The van der Waals surface area contributed by atoms with Crippen LogP contribution in [-0.4, -0.2) is 72.6 Å². The molecule has 1 saturated heterocycles. The van der Waals surface area contributed by atoms with Crippen LogP contribution in [0.3, 0.4) is 0 Å². The summed E-state index contributed by atoms with van der Waals surface area (Å²) < 4.78 is 30.9. The van der Waals surface area contributed by atoms with E-state index in [2.05, 4.69) is 20.2 Å². The summed E-state index contributed by atoms with van der Waals surface area (Å²) in [5.74, 6) is -0.918. The first-order chi connectivity index (χ1) is 18.3. The molecule has 0 N–H and O–H groups in total. The molecule has 38 heavy (non-hydrogen) atoms. The highest BCUT2D eigenvalue weighted by Crippen LogP contribution is 2.30. The number of amides is 2. The lowest BCUT2D eigenvalue weighted by Crippen LogP contribution is -2.52. The molecular weight excluding hydrogens is 498 g/mol. The molecule has 0 bridgehead atoms. The number of rotatable bonds is 4. The molecule has 2 aromatic heterocycles. The Hall–Kier alpha value is -4.67. The van der Waals surface area contributed by atoms with Gasteiger partial charge >= 0.3 is 11.7 Å². The van der Waals surface area contributed by atoms with Gasteiger partial charge in [0.2, 0.25) is 5.95 Å². The third-order valence-electron chi connectivity index (χ3n) is 6.57. The van der Waals surface area contributed by atoms with Crippen LogP contribution in [0.4, 0.5) is 19.5 Å². The van der Waals surface area contributed by atoms with E-state index in [9.17, 15) is 18.4 Å². The Kier molecular flexibility index (Phi) is 6.58. The lowest BCUT2D eigenvalue weighted by Gasteiger charge is -2.37. The smallest absolute Gasteiger partial charge is 0.337 e. The van der Waals surface area contributed by atoms with Gasteiger partial charge in [-0.3, -0.25) is 4.57 Å². The Morgan fingerprint density at radius 2 is 1.95 bits per heavy atom. The molecule has 12 nitrogen and oxygen atoms in total. The van der Waals surface area contributed by atoms with Crippen LogP contribution in [-0.2, 0) is 6.54 Å². The minimum atomic E-state index is -0.778. The Balaban J connectivity index is 1.30. The topological polar surface area (TPSA) is 129 Å². The van der Waals surface area contributed by atoms with Gasteiger partial charge in [-0.25, -0.2) is 28.4 Å². The third-order valence-corrected chi connectivity index (χ3v) is 6.57. The Labute approximate surface area is 216 Å². The van der Waals surface area contributed by atoms with E-state index in [1.807, 2.05) is 6.07 Å². The number of carbonyl (C=O) groups is 1. The zero-order valence-corrected chi connectivity index (χ0v) is 20.8. The van der Waals surface area contributed by atoms with Crippen molar-refractivity contribution in [1.82, 2.24) is 34.2 Å². The van der Waals surface area contributed by atoms with Crippen molar-refractivity contribution in [2.45, 2.75) is 32.9 Å². The average molecular weight is 523 g/mol. The standard InChI is InChI=1S/C24H24F2N10O2/c1-3-34-15(2)31-36(24(34)38)21-19(26)14-28-22(30-21)32-6-8-33(9-7-32)23(37)35-20(4-5-29-35)17-10-16(13-27)11-18(25)12-17/h5,10-12,14,20H,3-4,6-9H2,1-2H3/t20-/m0/s1. The molecule has 1 fully saturated rings. The van der Waals surface area contributed by atoms with Gasteiger partial charge < -0.3 is 9.80 Å². The highest BCUT2D eigenvalue weighted by molar-refractivity contribution is 5.78. The predicted molar refractivity (Wildman–Crippen MR) is 132 cm³/mol. The van der Waals surface area contributed by atoms with E-state index in [0.29, 0.717) is 50.5 Å². The number of hydrazone groups is 1. The largest absolute Gasteiger partial charge is 0.352 e. The van der Waals surface area contributed by atoms with Gasteiger partial charge in [-0.15, -0.1) is 5.10 Å². The van der Waals surface area contributed by atoms with Crippen LogP contribution < -0.4 is 10.6 Å². The van der Waals surface area contributed by atoms with Crippen LogP contribution in [0.1, 0.15) is 36.3 Å². The number of hydrogen-bond acceptors (Lipinski definition) is 8. The first-order valence-corrected chi connectivity index (χ1v) is 12.1. The van der Waals surface area contributed by atoms with Crippen molar-refractivity contribution in [3.8, 4) is 11.9 Å². The molecule has 4 heterocycles. The summed E-state index contributed by atoms with van der Waals surface area (Å²) in [5, 5.41) is 18.8. The predicted octanol–water partition coefficient (Wildman–Crippen LogP) is 1.98. The molecule has 1 aromatic carbocycles. The Morgan fingerprint density at radius 1 is 1.18 bits per heavy atom. The summed E-state index contributed by atoms with van der Waals surface area (Å²) in [4.78, 5) is 37.6. The minimum Gasteiger partial charge on any atom is -0.337 e. The number of carbonyl (C=O) groups excluding carboxylic acids is 1. The fraction of sp³-hybridized carbons (Fsp3) is 0.375. The summed E-state index contributed by atoms with van der Waals surface area (Å²) in [6.07, 6.45) is 2.99. The van der Waals surface area contributed by atoms with Crippen molar-refractivity contribution < 1.29 is 13.6 Å². The van der Waals surface area contributed by atoms with Gasteiger partial charge in [0.15, 0.2) is 11.6 Å². The summed E-state index contributed by atoms with van der Waals surface area (Å²) in [6.45, 7) is 5.17. The molecule has 5 rings (SSSR count). The first-order valence-electron chi connectivity index (χ1n) is 12.1. The number of nitrogens with zero attached hydrogens (tertiary/aromatic N) is 10. The summed E-state index contributed by atoms with van der Waals surface area (Å²) in [5.41, 5.74) is 0.171. The molecule has 2 aliphatic heterocycles. The molecule has 2 amide bonds. The van der Waals surface area contributed by atoms with Gasteiger partial charge in [0.25, 0.3) is 0 Å². The molecule has 0 saturated carbocycles. The highest BCUT2D eigenvalue weighted by Gasteiger charge is 2.34. The monoisotopic (exact) mass is 522 g/mol. The van der Waals surface area contributed by atoms with Crippen molar-refractivity contribution in [1.29, 1.82) is 5.26 Å². The fourth-order valence-corrected chi connectivity index (χ4v) is 4.63. The molecule has 0 radical (unpaired) electrons. The number of aromatic nitrogens is 5. The van der Waals surface area contributed by atoms with Crippen molar-refractivity contribution in [3.63, 3.8) is 0 Å². The van der Waals surface area contributed by atoms with Crippen LogP contribution in [0.2, 0.25) is 0 Å². The van der Waals surface area contributed by atoms with Crippen LogP contribution in [0.15, 0.2) is 34.3 Å². The molecule has 14 heteroatoms. The molecule has 0 spiro atoms. The number of aryl methyl sites for hydroxylation is 1. The highest BCUT2D eigenvalue weighted by atomic mass is 19.1. The van der Waals surface area contributed by atoms with Gasteiger partial charge in [-0.2, -0.15) is 20.0 Å². The maximum atomic E-state index is 14.6. The van der Waals surface area contributed by atoms with E-state index in [0.717, 1.165) is 16.9 Å². The Morgan fingerprint density at radius 3 is 2.63 bits per heavy atom. The van der Waals surface area contributed by atoms with E-state index in [4.69, 9.17) is 5.26 Å². The number of urea groups is 1. The maximum absolute atomic E-state index is 14.6. The minimum absolute atomic E-state index is 0.172. The number of benzene rings is 1. The second kappa shape index (κ2) is 10.0. The lowest BCUT2D eigenvalue weighted by atomic mass is 10.0. The number of piperazine rings is 1. The van der Waals surface area contributed by atoms with Crippen LogP contribution in [0, 0.1) is 29.9 Å². The summed E-state index contributed by atoms with van der Waals surface area (Å²) >= 11 is 0. The molecule has 3 aromatic rings. The summed E-state index contributed by atoms with van der Waals surface area (Å²) in [7, 11) is 0. The van der Waals surface area contributed by atoms with E-state index >= 15 is 0 Å². The molecular formula is C24H24F2N10O2. The van der Waals surface area contributed by atoms with Crippen LogP contribution in [0.5, 0.6) is 0 Å². The van der Waals surface area contributed by atoms with Crippen molar-refractivity contribution in [2.24, 2.45) is 5.10 Å². The van der Waals surface area contributed by atoms with E-state index in [1.54, 1.807) is 35.9 Å². The lowest BCUT2D eigenvalue weighted by molar-refractivity contribution is 0.139. The van der Waals surface area contributed by atoms with Gasteiger partial charge in [-0.1, -0.05) is 0 Å². The molecule has 0 unspecified atom stereocenters. The van der Waals surface area contributed by atoms with E-state index < -0.39 is 23.4 Å². The molecule has 2 aliphatic rings. The van der Waals surface area contributed by atoms with Crippen molar-refractivity contribution in [3.05, 3.63) is 63.5 Å². The van der Waals surface area contributed by atoms with Gasteiger partial charge in [0.1, 0.15) is 11.6 Å². The molecule has 1 atom stereocenters. The van der Waals surface area contributed by atoms with Gasteiger partial charge in [0, 0.05) is 45.4 Å². The first kappa shape index (κ1) is 25.0. The van der Waals surface area contributed by atoms with Gasteiger partial charge in [0.05, 0.1) is 23.9 Å². The normalized spacial score (nSPS) is 17.2. The zero-order valence-electron chi connectivity index (χ0n) is 20.8. The molecule has 0 aliphatic carbocycles. The number of halogens is 2. The SMILES string of the molecule is CCn1c(C)nn(-c2nc(N3CCN(C(=O)N4N=CC[C@H]4c4cc(F)cc(C#N)c4)CC3)ncc2F)c1=O. The van der Waals surface area contributed by atoms with E-state index in [1.165, 1.54) is 15.6 Å². The van der Waals surface area contributed by atoms with Crippen molar-refractivity contribution >= 4 is 18.2 Å². The van der Waals surface area contributed by atoms with Crippen LogP contribution in [0.25, 0.3) is 5.82 Å². The maximum Gasteiger partial charge on any atom is 0.352 e. The van der Waals surface area contributed by atoms with Gasteiger partial charge in [-0.05, 0) is 37.6 Å². The number of anilines is 1. The van der Waals surface area contributed by atoms with E-state index in [-0.39, 0.29) is 23.4 Å². The second-order valence-electron chi connectivity index (χ2n) is 8.86. The summed E-state index contributed by atoms with van der Waals surface area (Å²) in [6, 6.07) is 5.06. The quantitative estimate of drug-likeness (QED) is 0.512. The second-order valence-corrected chi connectivity index (χ2v) is 8.86. The van der Waals surface area contributed by atoms with Crippen LogP contribution >= 0.6 is 0 Å². The number of hydrogen-bond donors (Lipinski definition) is 0. The Bertz CT molecular complexity index is 1520. The zero-order chi connectivity index (χ0) is 27.0.